The SMILES string of the molecule is c1cn2ccc(-n3cncn3)cc2n1. The summed E-state index contributed by atoms with van der Waals surface area (Å²) in [7, 11) is 0. The summed E-state index contributed by atoms with van der Waals surface area (Å²) in [4.78, 5) is 8.08. The molecule has 3 heterocycles. The Hall–Kier alpha value is -2.17. The van der Waals surface area contributed by atoms with E-state index in [-0.39, 0.29) is 0 Å². The lowest BCUT2D eigenvalue weighted by molar-refractivity contribution is 0.876. The van der Waals surface area contributed by atoms with Crippen molar-refractivity contribution < 1.29 is 0 Å². The minimum Gasteiger partial charge on any atom is -0.307 e. The Morgan fingerprint density at radius 3 is 3.07 bits per heavy atom. The van der Waals surface area contributed by atoms with Gasteiger partial charge in [-0.25, -0.2) is 14.6 Å². The van der Waals surface area contributed by atoms with E-state index in [1.54, 1.807) is 17.2 Å². The number of pyridine rings is 1. The summed E-state index contributed by atoms with van der Waals surface area (Å²) in [5.74, 6) is 0. The van der Waals surface area contributed by atoms with Crippen LogP contribution in [0.4, 0.5) is 0 Å². The summed E-state index contributed by atoms with van der Waals surface area (Å²) in [6, 6.07) is 3.91. The maximum atomic E-state index is 4.19. The van der Waals surface area contributed by atoms with Crippen molar-refractivity contribution in [1.82, 2.24) is 24.1 Å². The van der Waals surface area contributed by atoms with Crippen molar-refractivity contribution in [2.45, 2.75) is 0 Å². The van der Waals surface area contributed by atoms with E-state index in [0.717, 1.165) is 11.3 Å². The van der Waals surface area contributed by atoms with Gasteiger partial charge in [-0.3, -0.25) is 0 Å². The molecule has 0 atom stereocenters. The van der Waals surface area contributed by atoms with Crippen LogP contribution < -0.4 is 0 Å². The molecule has 3 aromatic heterocycles. The zero-order valence-electron chi connectivity index (χ0n) is 7.28. The predicted octanol–water partition coefficient (Wildman–Crippen LogP) is 0.915. The number of nitrogens with zero attached hydrogens (tertiary/aromatic N) is 5. The van der Waals surface area contributed by atoms with Gasteiger partial charge in [-0.1, -0.05) is 0 Å². The van der Waals surface area contributed by atoms with Crippen LogP contribution in [0.2, 0.25) is 0 Å². The van der Waals surface area contributed by atoms with E-state index in [9.17, 15) is 0 Å². The summed E-state index contributed by atoms with van der Waals surface area (Å²) in [5.41, 5.74) is 1.86. The fourth-order valence-electron chi connectivity index (χ4n) is 1.38. The Bertz CT molecular complexity index is 551. The topological polar surface area (TPSA) is 48.0 Å². The fourth-order valence-corrected chi connectivity index (χ4v) is 1.38. The monoisotopic (exact) mass is 185 g/mol. The Labute approximate surface area is 79.7 Å². The minimum absolute atomic E-state index is 0.901. The molecule has 0 aliphatic rings. The molecule has 0 aliphatic carbocycles. The van der Waals surface area contributed by atoms with Crippen molar-refractivity contribution >= 4 is 5.65 Å². The summed E-state index contributed by atoms with van der Waals surface area (Å²) in [6.07, 6.45) is 8.78. The largest absolute Gasteiger partial charge is 0.307 e. The molecular weight excluding hydrogens is 178 g/mol. The first-order valence-corrected chi connectivity index (χ1v) is 4.21. The van der Waals surface area contributed by atoms with Crippen LogP contribution in [0, 0.1) is 0 Å². The van der Waals surface area contributed by atoms with Crippen molar-refractivity contribution in [2.24, 2.45) is 0 Å². The van der Waals surface area contributed by atoms with Crippen molar-refractivity contribution in [2.75, 3.05) is 0 Å². The molecule has 5 nitrogen and oxygen atoms in total. The minimum atomic E-state index is 0.901. The van der Waals surface area contributed by atoms with Gasteiger partial charge in [0.05, 0.1) is 5.69 Å². The molecule has 5 heteroatoms. The van der Waals surface area contributed by atoms with Crippen LogP contribution in [0.3, 0.4) is 0 Å². The van der Waals surface area contributed by atoms with Gasteiger partial charge in [0.15, 0.2) is 0 Å². The molecule has 0 saturated heterocycles. The maximum absolute atomic E-state index is 4.19. The number of fused-ring (bicyclic) bond motifs is 1. The van der Waals surface area contributed by atoms with Crippen LogP contribution in [0.15, 0.2) is 43.4 Å². The second kappa shape index (κ2) is 2.66. The lowest BCUT2D eigenvalue weighted by Gasteiger charge is -2.00. The first-order valence-electron chi connectivity index (χ1n) is 4.21. The number of hydrogen-bond acceptors (Lipinski definition) is 3. The van der Waals surface area contributed by atoms with Crippen molar-refractivity contribution in [3.63, 3.8) is 0 Å². The average Bonchev–Trinajstić information content (AvgIpc) is 2.88. The van der Waals surface area contributed by atoms with Crippen molar-refractivity contribution in [1.29, 1.82) is 0 Å². The zero-order valence-corrected chi connectivity index (χ0v) is 7.28. The van der Waals surface area contributed by atoms with Gasteiger partial charge in [0, 0.05) is 24.7 Å². The molecule has 0 aliphatic heterocycles. The molecule has 0 N–H and O–H groups in total. The molecule has 0 radical (unpaired) electrons. The van der Waals surface area contributed by atoms with Gasteiger partial charge >= 0.3 is 0 Å². The van der Waals surface area contributed by atoms with Gasteiger partial charge in [-0.2, -0.15) is 5.10 Å². The highest BCUT2D eigenvalue weighted by Crippen LogP contribution is 2.08. The van der Waals surface area contributed by atoms with Gasteiger partial charge in [-0.15, -0.1) is 0 Å². The number of rotatable bonds is 1. The molecule has 14 heavy (non-hydrogen) atoms. The summed E-state index contributed by atoms with van der Waals surface area (Å²) in [5, 5.41) is 4.05. The smallest absolute Gasteiger partial charge is 0.138 e. The molecule has 3 rings (SSSR count). The molecular formula is C9H7N5. The van der Waals surface area contributed by atoms with Crippen LogP contribution in [0.25, 0.3) is 11.3 Å². The summed E-state index contributed by atoms with van der Waals surface area (Å²) >= 11 is 0. The maximum Gasteiger partial charge on any atom is 0.138 e. The normalized spacial score (nSPS) is 10.9. The highest BCUT2D eigenvalue weighted by molar-refractivity contribution is 5.47. The highest BCUT2D eigenvalue weighted by atomic mass is 15.3. The van der Waals surface area contributed by atoms with Crippen LogP contribution in [0.5, 0.6) is 0 Å². The Kier molecular flexibility index (Phi) is 1.38. The second-order valence-corrected chi connectivity index (χ2v) is 2.92. The Morgan fingerprint density at radius 2 is 2.21 bits per heavy atom. The van der Waals surface area contributed by atoms with E-state index >= 15 is 0 Å². The van der Waals surface area contributed by atoms with Crippen LogP contribution in [0.1, 0.15) is 0 Å². The van der Waals surface area contributed by atoms with Gasteiger partial charge in [0.25, 0.3) is 0 Å². The van der Waals surface area contributed by atoms with E-state index in [1.807, 2.05) is 28.9 Å². The summed E-state index contributed by atoms with van der Waals surface area (Å²) < 4.78 is 3.65. The van der Waals surface area contributed by atoms with Gasteiger partial charge in [-0.05, 0) is 6.07 Å². The fraction of sp³-hybridized carbons (Fsp3) is 0. The number of imidazole rings is 1. The Morgan fingerprint density at radius 1 is 1.21 bits per heavy atom. The first kappa shape index (κ1) is 7.25. The van der Waals surface area contributed by atoms with Gasteiger partial charge in [0.2, 0.25) is 0 Å². The molecule has 0 aromatic carbocycles. The second-order valence-electron chi connectivity index (χ2n) is 2.92. The predicted molar refractivity (Wildman–Crippen MR) is 50.1 cm³/mol. The quantitative estimate of drug-likeness (QED) is 0.566. The standard InChI is InChI=1S/C9H7N5/c1-3-13-4-2-11-9(13)5-8(1)14-7-10-6-12-14/h1-7H. The van der Waals surface area contributed by atoms with E-state index in [1.165, 1.54) is 6.33 Å². The van der Waals surface area contributed by atoms with Crippen molar-refractivity contribution in [3.8, 4) is 5.69 Å². The Balaban J connectivity index is 2.23. The van der Waals surface area contributed by atoms with E-state index in [0.29, 0.717) is 0 Å². The lowest BCUT2D eigenvalue weighted by atomic mass is 10.4. The number of aromatic nitrogens is 5. The van der Waals surface area contributed by atoms with E-state index in [2.05, 4.69) is 15.1 Å². The van der Waals surface area contributed by atoms with E-state index < -0.39 is 0 Å². The molecule has 0 amide bonds. The molecule has 0 bridgehead atoms. The molecule has 0 spiro atoms. The van der Waals surface area contributed by atoms with Crippen LogP contribution in [-0.2, 0) is 0 Å². The van der Waals surface area contributed by atoms with E-state index in [4.69, 9.17) is 0 Å². The third-order valence-electron chi connectivity index (χ3n) is 2.06. The van der Waals surface area contributed by atoms with Crippen molar-refractivity contribution in [3.05, 3.63) is 43.4 Å². The zero-order chi connectivity index (χ0) is 9.38. The van der Waals surface area contributed by atoms with Crippen LogP contribution in [-0.4, -0.2) is 24.1 Å². The average molecular weight is 185 g/mol. The molecule has 0 fully saturated rings. The highest BCUT2D eigenvalue weighted by Gasteiger charge is 1.98. The third-order valence-corrected chi connectivity index (χ3v) is 2.06. The van der Waals surface area contributed by atoms with Gasteiger partial charge in [0.1, 0.15) is 18.3 Å². The summed E-state index contributed by atoms with van der Waals surface area (Å²) in [6.45, 7) is 0. The van der Waals surface area contributed by atoms with Gasteiger partial charge < -0.3 is 4.40 Å². The number of hydrogen-bond donors (Lipinski definition) is 0. The van der Waals surface area contributed by atoms with Crippen LogP contribution >= 0.6 is 0 Å². The lowest BCUT2D eigenvalue weighted by Crippen LogP contribution is -1.95. The third kappa shape index (κ3) is 0.990. The molecule has 0 unspecified atom stereocenters. The first-order chi connectivity index (χ1) is 6.93. The molecule has 3 aromatic rings. The molecule has 68 valence electrons. The molecule has 0 saturated carbocycles.